The summed E-state index contributed by atoms with van der Waals surface area (Å²) < 4.78 is 25.4. The quantitative estimate of drug-likeness (QED) is 0.292. The highest BCUT2D eigenvalue weighted by Gasteiger charge is 2.47. The zero-order chi connectivity index (χ0) is 26.5. The molecule has 4 nitrogen and oxygen atoms in total. The Morgan fingerprint density at radius 3 is 2.38 bits per heavy atom. The molecule has 4 rings (SSSR count). The number of thioether (sulfide) groups is 2. The van der Waals surface area contributed by atoms with Crippen molar-refractivity contribution in [3.63, 3.8) is 0 Å². The summed E-state index contributed by atoms with van der Waals surface area (Å²) in [6.45, 7) is 13.0. The maximum Gasteiger partial charge on any atom is 0.169 e. The summed E-state index contributed by atoms with van der Waals surface area (Å²) in [6, 6.07) is 8.10. The summed E-state index contributed by atoms with van der Waals surface area (Å²) in [5.41, 5.74) is 1.16. The Morgan fingerprint density at radius 1 is 1.03 bits per heavy atom. The molecule has 0 unspecified atom stereocenters. The number of methoxy groups -OCH3 is 1. The van der Waals surface area contributed by atoms with Gasteiger partial charge < -0.3 is 18.9 Å². The van der Waals surface area contributed by atoms with Crippen LogP contribution in [0.2, 0.25) is 0 Å². The van der Waals surface area contributed by atoms with Gasteiger partial charge in [-0.3, -0.25) is 0 Å². The maximum atomic E-state index is 6.88. The van der Waals surface area contributed by atoms with Crippen LogP contribution in [0.15, 0.2) is 36.4 Å². The van der Waals surface area contributed by atoms with Crippen LogP contribution in [0.1, 0.15) is 72.3 Å². The number of hydrogen-bond donors (Lipinski definition) is 0. The lowest BCUT2D eigenvalue weighted by atomic mass is 9.81. The van der Waals surface area contributed by atoms with Gasteiger partial charge in [0, 0.05) is 18.8 Å². The molecule has 7 atom stereocenters. The molecule has 0 saturated carbocycles. The van der Waals surface area contributed by atoms with Crippen molar-refractivity contribution in [2.75, 3.05) is 25.2 Å². The lowest BCUT2D eigenvalue weighted by Crippen LogP contribution is -2.53. The predicted octanol–water partition coefficient (Wildman–Crippen LogP) is 7.95. The smallest absolute Gasteiger partial charge is 0.169 e. The number of rotatable bonds is 9. The third-order valence-corrected chi connectivity index (χ3v) is 12.2. The second-order valence-electron chi connectivity index (χ2n) is 11.7. The molecule has 6 heteroatoms. The highest BCUT2D eigenvalue weighted by atomic mass is 32.2. The monoisotopic (exact) mass is 548 g/mol. The average Bonchev–Trinajstić information content (AvgIpc) is 2.91. The molecule has 0 aromatic heterocycles. The fraction of sp³-hybridized carbons (Fsp3) is 0.742. The van der Waals surface area contributed by atoms with Crippen LogP contribution in [0, 0.1) is 23.7 Å². The topological polar surface area (TPSA) is 36.9 Å². The van der Waals surface area contributed by atoms with Gasteiger partial charge in [-0.05, 0) is 73.1 Å². The lowest BCUT2D eigenvalue weighted by molar-refractivity contribution is -0.331. The summed E-state index contributed by atoms with van der Waals surface area (Å²) in [5, 5.41) is 0. The Hall–Kier alpha value is -0.660. The minimum absolute atomic E-state index is 0.120. The van der Waals surface area contributed by atoms with Gasteiger partial charge in [-0.15, -0.1) is 23.5 Å². The van der Waals surface area contributed by atoms with E-state index in [-0.39, 0.29) is 16.3 Å². The largest absolute Gasteiger partial charge is 0.497 e. The van der Waals surface area contributed by atoms with Gasteiger partial charge in [0.05, 0.1) is 36.6 Å². The van der Waals surface area contributed by atoms with Crippen molar-refractivity contribution in [3.05, 3.63) is 42.0 Å². The number of hydrogen-bond acceptors (Lipinski definition) is 6. The van der Waals surface area contributed by atoms with Crippen LogP contribution in [0.4, 0.5) is 0 Å². The number of benzene rings is 1. The summed E-state index contributed by atoms with van der Waals surface area (Å²) in [5.74, 6) is 4.80. The van der Waals surface area contributed by atoms with E-state index in [4.69, 9.17) is 18.9 Å². The van der Waals surface area contributed by atoms with Crippen molar-refractivity contribution < 1.29 is 18.9 Å². The van der Waals surface area contributed by atoms with E-state index in [1.165, 1.54) is 17.9 Å². The van der Waals surface area contributed by atoms with Crippen LogP contribution in [0.5, 0.6) is 5.75 Å². The van der Waals surface area contributed by atoms with Gasteiger partial charge >= 0.3 is 0 Å². The fourth-order valence-corrected chi connectivity index (χ4v) is 8.88. The summed E-state index contributed by atoms with van der Waals surface area (Å²) in [6.07, 6.45) is 10.6. The molecular weight excluding hydrogens is 500 g/mol. The fourth-order valence-electron chi connectivity index (χ4n) is 5.79. The first-order valence-electron chi connectivity index (χ1n) is 14.3. The third kappa shape index (κ3) is 7.51. The van der Waals surface area contributed by atoms with E-state index >= 15 is 0 Å². The molecule has 0 N–H and O–H groups in total. The van der Waals surface area contributed by atoms with Gasteiger partial charge in [0.1, 0.15) is 5.75 Å². The van der Waals surface area contributed by atoms with E-state index in [2.05, 4.69) is 82.4 Å². The molecule has 3 aliphatic rings. The molecule has 37 heavy (non-hydrogen) atoms. The van der Waals surface area contributed by atoms with Gasteiger partial charge in [-0.2, -0.15) is 0 Å². The van der Waals surface area contributed by atoms with Crippen molar-refractivity contribution in [1.29, 1.82) is 0 Å². The van der Waals surface area contributed by atoms with Crippen LogP contribution < -0.4 is 4.74 Å². The molecule has 0 aliphatic carbocycles. The highest BCUT2D eigenvalue weighted by Crippen LogP contribution is 2.48. The van der Waals surface area contributed by atoms with Gasteiger partial charge in [-0.1, -0.05) is 52.0 Å². The van der Waals surface area contributed by atoms with Crippen molar-refractivity contribution in [1.82, 2.24) is 0 Å². The molecular formula is C31H48O4S2. The van der Waals surface area contributed by atoms with E-state index in [9.17, 15) is 0 Å². The van der Waals surface area contributed by atoms with Crippen molar-refractivity contribution in [3.8, 4) is 5.75 Å². The molecule has 3 saturated heterocycles. The second-order valence-corrected chi connectivity index (χ2v) is 15.0. The van der Waals surface area contributed by atoms with Crippen molar-refractivity contribution >= 4 is 23.5 Å². The molecule has 1 spiro atoms. The van der Waals surface area contributed by atoms with E-state index in [0.717, 1.165) is 37.0 Å². The zero-order valence-electron chi connectivity index (χ0n) is 23.7. The Kier molecular flexibility index (Phi) is 10.4. The third-order valence-electron chi connectivity index (χ3n) is 8.64. The Balaban J connectivity index is 1.33. The second kappa shape index (κ2) is 13.1. The van der Waals surface area contributed by atoms with Crippen LogP contribution in [-0.4, -0.2) is 47.3 Å². The normalized spacial score (nSPS) is 33.9. The Morgan fingerprint density at radius 2 is 1.70 bits per heavy atom. The van der Waals surface area contributed by atoms with Gasteiger partial charge in [-0.25, -0.2) is 0 Å². The van der Waals surface area contributed by atoms with Gasteiger partial charge in [0.2, 0.25) is 0 Å². The van der Waals surface area contributed by atoms with E-state index in [1.54, 1.807) is 7.11 Å². The molecule has 1 aromatic carbocycles. The van der Waals surface area contributed by atoms with Gasteiger partial charge in [0.25, 0.3) is 0 Å². The minimum Gasteiger partial charge on any atom is -0.497 e. The minimum atomic E-state index is -0.454. The first-order chi connectivity index (χ1) is 17.7. The maximum absolute atomic E-state index is 6.88. The Labute approximate surface area is 234 Å². The number of ether oxygens (including phenoxy) is 4. The van der Waals surface area contributed by atoms with E-state index < -0.39 is 5.79 Å². The summed E-state index contributed by atoms with van der Waals surface area (Å²) in [4.78, 5) is 0. The van der Waals surface area contributed by atoms with E-state index in [0.29, 0.717) is 36.9 Å². The molecule has 3 fully saturated rings. The van der Waals surface area contributed by atoms with Crippen molar-refractivity contribution in [2.24, 2.45) is 23.7 Å². The first kappa shape index (κ1) is 29.3. The first-order valence-corrected chi connectivity index (χ1v) is 16.2. The van der Waals surface area contributed by atoms with Crippen LogP contribution in [0.3, 0.4) is 0 Å². The summed E-state index contributed by atoms with van der Waals surface area (Å²) in [7, 11) is 1.69. The predicted molar refractivity (Wildman–Crippen MR) is 157 cm³/mol. The summed E-state index contributed by atoms with van der Waals surface area (Å²) >= 11 is 4.24. The lowest BCUT2D eigenvalue weighted by Gasteiger charge is -2.50. The van der Waals surface area contributed by atoms with Gasteiger partial charge in [0.15, 0.2) is 5.79 Å². The standard InChI is InChI=1S/C31H48O4S2/c1-22-14-16-31(34-28(22)13-8-25(4)30(5)36-18-7-19-37-30)17-15-23(2)29(35-31)24(3)20-33-21-26-9-11-27(32-6)12-10-26/h8-13,22-25,28-29H,7,14-21H2,1-6H3/b13-8+/t22-,23+,24-,25+,28+,29-,31-/m1/s1. The molecule has 1 aromatic rings. The van der Waals surface area contributed by atoms with Crippen LogP contribution in [0.25, 0.3) is 0 Å². The number of allylic oxidation sites excluding steroid dienone is 1. The highest BCUT2D eigenvalue weighted by molar-refractivity contribution is 8.18. The van der Waals surface area contributed by atoms with Crippen molar-refractivity contribution in [2.45, 2.75) is 95.4 Å². The van der Waals surface area contributed by atoms with E-state index in [1.807, 2.05) is 12.1 Å². The average molecular weight is 549 g/mol. The molecule has 3 heterocycles. The van der Waals surface area contributed by atoms with Crippen LogP contribution in [-0.2, 0) is 20.8 Å². The SMILES string of the molecule is COc1ccc(COC[C@@H](C)[C@@H]2O[C@]3(CC[C@@H](C)[C@H](/C=C/[C@H](C)C4(C)SCCCS4)O3)CC[C@@H]2C)cc1. The molecule has 0 bridgehead atoms. The molecule has 0 radical (unpaired) electrons. The van der Waals surface area contributed by atoms with Crippen LogP contribution >= 0.6 is 23.5 Å². The zero-order valence-corrected chi connectivity index (χ0v) is 25.4. The Bertz CT molecular complexity index is 864. The molecule has 208 valence electrons. The molecule has 3 aliphatic heterocycles. The molecule has 0 amide bonds.